The average molecular weight is 317 g/mol. The highest BCUT2D eigenvalue weighted by molar-refractivity contribution is 5.98. The van der Waals surface area contributed by atoms with Gasteiger partial charge >= 0.3 is 0 Å². The summed E-state index contributed by atoms with van der Waals surface area (Å²) in [7, 11) is 0. The van der Waals surface area contributed by atoms with Crippen molar-refractivity contribution in [3.63, 3.8) is 0 Å². The number of hydrogen-bond donors (Lipinski definition) is 0. The fraction of sp³-hybridized carbons (Fsp3) is 0.611. The number of aromatic nitrogens is 1. The summed E-state index contributed by atoms with van der Waals surface area (Å²) in [6, 6.07) is 3.35. The van der Waals surface area contributed by atoms with Gasteiger partial charge < -0.3 is 9.80 Å². The van der Waals surface area contributed by atoms with E-state index in [2.05, 4.69) is 18.8 Å². The van der Waals surface area contributed by atoms with Crippen LogP contribution in [-0.2, 0) is 0 Å². The summed E-state index contributed by atoms with van der Waals surface area (Å²) < 4.78 is 0. The molecule has 1 aliphatic heterocycles. The van der Waals surface area contributed by atoms with Gasteiger partial charge in [-0.05, 0) is 44.2 Å². The lowest BCUT2D eigenvalue weighted by Crippen LogP contribution is -2.36. The minimum absolute atomic E-state index is 0.0104. The Labute approximate surface area is 138 Å². The smallest absolute Gasteiger partial charge is 0.272 e. The van der Waals surface area contributed by atoms with E-state index in [1.807, 2.05) is 9.80 Å². The van der Waals surface area contributed by atoms with E-state index in [0.29, 0.717) is 11.3 Å². The molecule has 126 valence electrons. The molecule has 0 radical (unpaired) electrons. The van der Waals surface area contributed by atoms with Gasteiger partial charge in [-0.1, -0.05) is 13.8 Å². The zero-order chi connectivity index (χ0) is 16.7. The van der Waals surface area contributed by atoms with Gasteiger partial charge in [0, 0.05) is 37.9 Å². The zero-order valence-electron chi connectivity index (χ0n) is 14.3. The highest BCUT2D eigenvalue weighted by atomic mass is 16.2. The minimum Gasteiger partial charge on any atom is -0.339 e. The van der Waals surface area contributed by atoms with Crippen LogP contribution in [0.3, 0.4) is 0 Å². The second-order valence-electron chi connectivity index (χ2n) is 6.07. The monoisotopic (exact) mass is 317 g/mol. The van der Waals surface area contributed by atoms with Gasteiger partial charge in [-0.25, -0.2) is 0 Å². The lowest BCUT2D eigenvalue weighted by atomic mass is 10.1. The number of carbonyl (C=O) groups is 2. The number of likely N-dealkylation sites (tertiary alicyclic amines) is 1. The van der Waals surface area contributed by atoms with Crippen LogP contribution >= 0.6 is 0 Å². The quantitative estimate of drug-likeness (QED) is 0.810. The molecule has 1 aliphatic rings. The number of rotatable bonds is 6. The molecular weight excluding hydrogens is 290 g/mol. The Balaban J connectivity index is 2.14. The van der Waals surface area contributed by atoms with E-state index in [-0.39, 0.29) is 11.8 Å². The normalized spacial score (nSPS) is 14.6. The fourth-order valence-corrected chi connectivity index (χ4v) is 2.98. The summed E-state index contributed by atoms with van der Waals surface area (Å²) in [5.74, 6) is -0.0688. The van der Waals surface area contributed by atoms with E-state index in [4.69, 9.17) is 0 Å². The third-order valence-electron chi connectivity index (χ3n) is 4.14. The van der Waals surface area contributed by atoms with Crippen LogP contribution < -0.4 is 0 Å². The van der Waals surface area contributed by atoms with Crippen LogP contribution in [-0.4, -0.2) is 52.8 Å². The second kappa shape index (κ2) is 8.65. The van der Waals surface area contributed by atoms with Crippen molar-refractivity contribution in [2.24, 2.45) is 0 Å². The lowest BCUT2D eigenvalue weighted by Gasteiger charge is -2.26. The molecule has 5 heteroatoms. The van der Waals surface area contributed by atoms with E-state index in [1.54, 1.807) is 18.3 Å². The fourth-order valence-electron chi connectivity index (χ4n) is 2.98. The van der Waals surface area contributed by atoms with Crippen molar-refractivity contribution in [3.05, 3.63) is 29.6 Å². The number of carbonyl (C=O) groups excluding carboxylic acids is 2. The van der Waals surface area contributed by atoms with Crippen LogP contribution in [0.4, 0.5) is 0 Å². The van der Waals surface area contributed by atoms with Crippen molar-refractivity contribution in [1.82, 2.24) is 14.8 Å². The molecule has 0 bridgehead atoms. The van der Waals surface area contributed by atoms with E-state index >= 15 is 0 Å². The van der Waals surface area contributed by atoms with Crippen molar-refractivity contribution in [2.75, 3.05) is 26.2 Å². The maximum atomic E-state index is 12.6. The standard InChI is InChI=1S/C18H27N3O2/c1-3-10-20(11-4-2)17(22)15-8-9-19-16(14-15)18(23)21-12-6-5-7-13-21/h8-9,14H,3-7,10-13H2,1-2H3. The molecule has 2 rings (SSSR count). The Bertz CT molecular complexity index is 533. The van der Waals surface area contributed by atoms with Gasteiger partial charge in [-0.15, -0.1) is 0 Å². The zero-order valence-corrected chi connectivity index (χ0v) is 14.3. The predicted octanol–water partition coefficient (Wildman–Crippen LogP) is 2.97. The Morgan fingerprint density at radius 3 is 2.39 bits per heavy atom. The number of nitrogens with zero attached hydrogens (tertiary/aromatic N) is 3. The average Bonchev–Trinajstić information content (AvgIpc) is 2.61. The first-order valence-corrected chi connectivity index (χ1v) is 8.72. The number of piperidine rings is 1. The van der Waals surface area contributed by atoms with Gasteiger partial charge in [0.2, 0.25) is 0 Å². The van der Waals surface area contributed by atoms with Crippen molar-refractivity contribution < 1.29 is 9.59 Å². The van der Waals surface area contributed by atoms with Crippen LogP contribution in [0.5, 0.6) is 0 Å². The molecule has 1 aromatic rings. The first-order valence-electron chi connectivity index (χ1n) is 8.72. The van der Waals surface area contributed by atoms with Gasteiger partial charge in [0.05, 0.1) is 0 Å². The predicted molar refractivity (Wildman–Crippen MR) is 90.5 cm³/mol. The summed E-state index contributed by atoms with van der Waals surface area (Å²) in [6.07, 6.45) is 6.70. The summed E-state index contributed by atoms with van der Waals surface area (Å²) >= 11 is 0. The van der Waals surface area contributed by atoms with E-state index in [9.17, 15) is 9.59 Å². The number of amides is 2. The Morgan fingerprint density at radius 1 is 1.13 bits per heavy atom. The first kappa shape index (κ1) is 17.4. The molecule has 0 aliphatic carbocycles. The first-order chi connectivity index (χ1) is 11.2. The van der Waals surface area contributed by atoms with Crippen molar-refractivity contribution in [1.29, 1.82) is 0 Å². The highest BCUT2D eigenvalue weighted by Crippen LogP contribution is 2.14. The van der Waals surface area contributed by atoms with Crippen molar-refractivity contribution in [2.45, 2.75) is 46.0 Å². The molecule has 0 atom stereocenters. The maximum Gasteiger partial charge on any atom is 0.272 e. The van der Waals surface area contributed by atoms with Gasteiger partial charge in [0.1, 0.15) is 5.69 Å². The molecule has 0 saturated carbocycles. The van der Waals surface area contributed by atoms with E-state index in [1.165, 1.54) is 6.42 Å². The van der Waals surface area contributed by atoms with E-state index in [0.717, 1.165) is 51.9 Å². The van der Waals surface area contributed by atoms with Crippen LogP contribution in [0.25, 0.3) is 0 Å². The summed E-state index contributed by atoms with van der Waals surface area (Å²) in [6.45, 7) is 7.18. The molecule has 0 aromatic carbocycles. The SMILES string of the molecule is CCCN(CCC)C(=O)c1ccnc(C(=O)N2CCCCC2)c1. The molecule has 1 fully saturated rings. The molecule has 2 heterocycles. The topological polar surface area (TPSA) is 53.5 Å². The second-order valence-corrected chi connectivity index (χ2v) is 6.07. The molecule has 0 N–H and O–H groups in total. The molecule has 1 aromatic heterocycles. The van der Waals surface area contributed by atoms with Crippen LogP contribution in [0.2, 0.25) is 0 Å². The number of hydrogen-bond acceptors (Lipinski definition) is 3. The van der Waals surface area contributed by atoms with E-state index < -0.39 is 0 Å². The molecular formula is C18H27N3O2. The Hall–Kier alpha value is -1.91. The van der Waals surface area contributed by atoms with Gasteiger partial charge in [-0.2, -0.15) is 0 Å². The van der Waals surface area contributed by atoms with Crippen LogP contribution in [0.1, 0.15) is 66.8 Å². The molecule has 5 nitrogen and oxygen atoms in total. The Morgan fingerprint density at radius 2 is 1.78 bits per heavy atom. The summed E-state index contributed by atoms with van der Waals surface area (Å²) in [5, 5.41) is 0. The Kier molecular flexibility index (Phi) is 6.56. The minimum atomic E-state index is -0.0584. The molecule has 0 unspecified atom stereocenters. The van der Waals surface area contributed by atoms with Crippen molar-refractivity contribution >= 4 is 11.8 Å². The van der Waals surface area contributed by atoms with Gasteiger partial charge in [0.15, 0.2) is 0 Å². The molecule has 2 amide bonds. The highest BCUT2D eigenvalue weighted by Gasteiger charge is 2.21. The lowest BCUT2D eigenvalue weighted by molar-refractivity contribution is 0.0718. The van der Waals surface area contributed by atoms with Crippen LogP contribution in [0.15, 0.2) is 18.3 Å². The van der Waals surface area contributed by atoms with Crippen molar-refractivity contribution in [3.8, 4) is 0 Å². The summed E-state index contributed by atoms with van der Waals surface area (Å²) in [4.78, 5) is 33.1. The summed E-state index contributed by atoms with van der Waals surface area (Å²) in [5.41, 5.74) is 0.938. The van der Waals surface area contributed by atoms with Gasteiger partial charge in [0.25, 0.3) is 11.8 Å². The third-order valence-corrected chi connectivity index (χ3v) is 4.14. The molecule has 0 spiro atoms. The van der Waals surface area contributed by atoms with Gasteiger partial charge in [-0.3, -0.25) is 14.6 Å². The largest absolute Gasteiger partial charge is 0.339 e. The number of pyridine rings is 1. The van der Waals surface area contributed by atoms with Crippen LogP contribution in [0, 0.1) is 0 Å². The third kappa shape index (κ3) is 4.53. The maximum absolute atomic E-state index is 12.6. The molecule has 23 heavy (non-hydrogen) atoms. The molecule has 1 saturated heterocycles.